The van der Waals surface area contributed by atoms with Crippen LogP contribution in [0.4, 0.5) is 0 Å². The van der Waals surface area contributed by atoms with E-state index in [1.807, 2.05) is 7.05 Å². The highest BCUT2D eigenvalue weighted by atomic mass is 32.2. The predicted octanol–water partition coefficient (Wildman–Crippen LogP) is 2.59. The van der Waals surface area contributed by atoms with Crippen molar-refractivity contribution in [2.75, 3.05) is 39.0 Å². The number of unbranched alkanes of at least 4 members (excludes halogenated alkanes) is 3. The lowest BCUT2D eigenvalue weighted by Crippen LogP contribution is -2.38. The van der Waals surface area contributed by atoms with Crippen molar-refractivity contribution in [3.05, 3.63) is 0 Å². The van der Waals surface area contributed by atoms with E-state index in [4.69, 9.17) is 0 Å². The van der Waals surface area contributed by atoms with Crippen LogP contribution < -0.4 is 5.32 Å². The lowest BCUT2D eigenvalue weighted by molar-refractivity contribution is 0.274. The summed E-state index contributed by atoms with van der Waals surface area (Å²) in [5, 5.41) is 4.11. The Morgan fingerprint density at radius 2 is 2.06 bits per heavy atom. The minimum Gasteiger partial charge on any atom is -0.320 e. The van der Waals surface area contributed by atoms with Crippen LogP contribution in [0.3, 0.4) is 0 Å². The molecule has 16 heavy (non-hydrogen) atoms. The van der Waals surface area contributed by atoms with Gasteiger partial charge in [0.15, 0.2) is 0 Å². The molecule has 1 fully saturated rings. The van der Waals surface area contributed by atoms with E-state index in [1.165, 1.54) is 64.0 Å². The van der Waals surface area contributed by atoms with Gasteiger partial charge < -0.3 is 10.2 Å². The monoisotopic (exact) mass is 244 g/mol. The van der Waals surface area contributed by atoms with Crippen molar-refractivity contribution >= 4 is 11.8 Å². The van der Waals surface area contributed by atoms with E-state index in [0.29, 0.717) is 0 Å². The Hall–Kier alpha value is 0.270. The molecule has 0 aromatic rings. The summed E-state index contributed by atoms with van der Waals surface area (Å²) in [5.74, 6) is 1.35. The molecule has 0 radical (unpaired) electrons. The van der Waals surface area contributed by atoms with E-state index >= 15 is 0 Å². The summed E-state index contributed by atoms with van der Waals surface area (Å²) in [7, 11) is 2.04. The molecule has 1 unspecified atom stereocenters. The average molecular weight is 244 g/mol. The second-order valence-corrected chi connectivity index (χ2v) is 6.13. The molecule has 3 heteroatoms. The molecule has 1 aliphatic rings. The standard InChI is InChI=1S/C13H28N2S/c1-3-13-12-15(10-11-16-13)9-7-5-4-6-8-14-2/h13-14H,3-12H2,1-2H3. The number of thioether (sulfide) groups is 1. The highest BCUT2D eigenvalue weighted by molar-refractivity contribution is 8.00. The zero-order valence-electron chi connectivity index (χ0n) is 11.0. The van der Waals surface area contributed by atoms with Crippen molar-refractivity contribution in [1.82, 2.24) is 10.2 Å². The number of nitrogens with one attached hydrogen (secondary N) is 1. The maximum absolute atomic E-state index is 3.21. The number of rotatable bonds is 8. The molecule has 0 bridgehead atoms. The van der Waals surface area contributed by atoms with Crippen molar-refractivity contribution in [2.24, 2.45) is 0 Å². The first-order chi connectivity index (χ1) is 7.86. The maximum Gasteiger partial charge on any atom is 0.0172 e. The molecule has 1 N–H and O–H groups in total. The van der Waals surface area contributed by atoms with Crippen molar-refractivity contribution in [2.45, 2.75) is 44.3 Å². The SMILES string of the molecule is CCC1CN(CCCCCCNC)CCS1. The molecule has 0 aromatic carbocycles. The quantitative estimate of drug-likeness (QED) is 0.661. The summed E-state index contributed by atoms with van der Waals surface area (Å²) in [4.78, 5) is 2.67. The van der Waals surface area contributed by atoms with Crippen molar-refractivity contribution in [1.29, 1.82) is 0 Å². The van der Waals surface area contributed by atoms with Crippen LogP contribution in [0.5, 0.6) is 0 Å². The van der Waals surface area contributed by atoms with Crippen LogP contribution in [0.15, 0.2) is 0 Å². The lowest BCUT2D eigenvalue weighted by atomic mass is 10.2. The van der Waals surface area contributed by atoms with Gasteiger partial charge >= 0.3 is 0 Å². The minimum atomic E-state index is 0.901. The normalized spacial score (nSPS) is 22.5. The molecule has 0 aromatic heterocycles. The molecular weight excluding hydrogens is 216 g/mol. The second-order valence-electron chi connectivity index (χ2n) is 4.72. The Kier molecular flexibility index (Phi) is 8.34. The molecule has 1 heterocycles. The van der Waals surface area contributed by atoms with E-state index in [9.17, 15) is 0 Å². The van der Waals surface area contributed by atoms with Gasteiger partial charge in [0.1, 0.15) is 0 Å². The molecule has 96 valence electrons. The largest absolute Gasteiger partial charge is 0.320 e. The van der Waals surface area contributed by atoms with Crippen molar-refractivity contribution < 1.29 is 0 Å². The molecule has 1 rings (SSSR count). The predicted molar refractivity (Wildman–Crippen MR) is 75.4 cm³/mol. The van der Waals surface area contributed by atoms with E-state index < -0.39 is 0 Å². The summed E-state index contributed by atoms with van der Waals surface area (Å²) in [5.41, 5.74) is 0. The Bertz CT molecular complexity index is 164. The Balaban J connectivity index is 1.95. The van der Waals surface area contributed by atoms with Crippen LogP contribution in [0.25, 0.3) is 0 Å². The van der Waals surface area contributed by atoms with E-state index in [2.05, 4.69) is 28.9 Å². The van der Waals surface area contributed by atoms with Gasteiger partial charge in [-0.3, -0.25) is 0 Å². The molecule has 1 saturated heterocycles. The minimum absolute atomic E-state index is 0.901. The number of nitrogens with zero attached hydrogens (tertiary/aromatic N) is 1. The van der Waals surface area contributed by atoms with Crippen molar-refractivity contribution in [3.63, 3.8) is 0 Å². The fourth-order valence-electron chi connectivity index (χ4n) is 2.22. The Morgan fingerprint density at radius 1 is 1.25 bits per heavy atom. The summed E-state index contributed by atoms with van der Waals surface area (Å²) < 4.78 is 0. The van der Waals surface area contributed by atoms with Gasteiger partial charge in [0, 0.05) is 24.1 Å². The van der Waals surface area contributed by atoms with Crippen LogP contribution in [0, 0.1) is 0 Å². The highest BCUT2D eigenvalue weighted by Crippen LogP contribution is 2.21. The van der Waals surface area contributed by atoms with Crippen LogP contribution in [-0.2, 0) is 0 Å². The van der Waals surface area contributed by atoms with Gasteiger partial charge in [-0.25, -0.2) is 0 Å². The zero-order chi connectivity index (χ0) is 11.6. The fourth-order valence-corrected chi connectivity index (χ4v) is 3.47. The third-order valence-electron chi connectivity index (χ3n) is 3.33. The summed E-state index contributed by atoms with van der Waals surface area (Å²) in [6.07, 6.45) is 6.86. The first kappa shape index (κ1) is 14.3. The first-order valence-electron chi connectivity index (χ1n) is 6.85. The molecule has 0 amide bonds. The van der Waals surface area contributed by atoms with E-state index in [-0.39, 0.29) is 0 Å². The topological polar surface area (TPSA) is 15.3 Å². The average Bonchev–Trinajstić information content (AvgIpc) is 2.34. The van der Waals surface area contributed by atoms with E-state index in [0.717, 1.165) is 5.25 Å². The molecule has 2 nitrogen and oxygen atoms in total. The van der Waals surface area contributed by atoms with Gasteiger partial charge in [0.2, 0.25) is 0 Å². The third-order valence-corrected chi connectivity index (χ3v) is 4.70. The van der Waals surface area contributed by atoms with Gasteiger partial charge in [0.05, 0.1) is 0 Å². The van der Waals surface area contributed by atoms with E-state index in [1.54, 1.807) is 0 Å². The highest BCUT2D eigenvalue weighted by Gasteiger charge is 2.17. The molecule has 0 aliphatic carbocycles. The van der Waals surface area contributed by atoms with Crippen LogP contribution in [0.1, 0.15) is 39.0 Å². The van der Waals surface area contributed by atoms with Gasteiger partial charge in [-0.1, -0.05) is 19.8 Å². The maximum atomic E-state index is 3.21. The van der Waals surface area contributed by atoms with Gasteiger partial charge in [0.25, 0.3) is 0 Å². The van der Waals surface area contributed by atoms with Gasteiger partial charge in [-0.15, -0.1) is 0 Å². The molecule has 1 aliphatic heterocycles. The van der Waals surface area contributed by atoms with Gasteiger partial charge in [-0.05, 0) is 39.4 Å². The number of hydrogen-bond acceptors (Lipinski definition) is 3. The van der Waals surface area contributed by atoms with Gasteiger partial charge in [-0.2, -0.15) is 11.8 Å². The van der Waals surface area contributed by atoms with Crippen LogP contribution >= 0.6 is 11.8 Å². The van der Waals surface area contributed by atoms with Crippen LogP contribution in [0.2, 0.25) is 0 Å². The summed E-state index contributed by atoms with van der Waals surface area (Å²) in [6.45, 7) is 7.48. The Morgan fingerprint density at radius 3 is 2.81 bits per heavy atom. The lowest BCUT2D eigenvalue weighted by Gasteiger charge is -2.31. The fraction of sp³-hybridized carbons (Fsp3) is 1.00. The number of hydrogen-bond donors (Lipinski definition) is 1. The smallest absolute Gasteiger partial charge is 0.0172 e. The molecule has 0 spiro atoms. The summed E-state index contributed by atoms with van der Waals surface area (Å²) >= 11 is 2.17. The second kappa shape index (κ2) is 9.32. The first-order valence-corrected chi connectivity index (χ1v) is 7.90. The molecular formula is C13H28N2S. The van der Waals surface area contributed by atoms with Crippen LogP contribution in [-0.4, -0.2) is 49.1 Å². The van der Waals surface area contributed by atoms with Crippen molar-refractivity contribution in [3.8, 4) is 0 Å². The summed E-state index contributed by atoms with van der Waals surface area (Å²) in [6, 6.07) is 0. The third kappa shape index (κ3) is 6.12. The molecule has 1 atom stereocenters. The zero-order valence-corrected chi connectivity index (χ0v) is 11.8. The molecule has 0 saturated carbocycles. The Labute approximate surface area is 106 Å².